The molecule has 2 nitrogen and oxygen atoms in total. The maximum atomic E-state index is 12.0. The van der Waals surface area contributed by atoms with Gasteiger partial charge in [0, 0.05) is 11.5 Å². The van der Waals surface area contributed by atoms with Crippen molar-refractivity contribution < 1.29 is 4.79 Å². The van der Waals surface area contributed by atoms with E-state index in [1.54, 1.807) is 0 Å². The Kier molecular flexibility index (Phi) is 4.53. The lowest BCUT2D eigenvalue weighted by Gasteiger charge is -2.32. The van der Waals surface area contributed by atoms with Crippen LogP contribution in [0.1, 0.15) is 34.6 Å². The first-order chi connectivity index (χ1) is 6.21. The molecule has 82 valence electrons. The largest absolute Gasteiger partial charge is 0.297 e. The molecule has 2 unspecified atom stereocenters. The number of rotatable bonds is 4. The number of likely N-dealkylation sites (N-methyl/N-ethyl adjacent to an activating group) is 1. The third-order valence-electron chi connectivity index (χ3n) is 2.71. The Morgan fingerprint density at radius 2 is 1.79 bits per heavy atom. The summed E-state index contributed by atoms with van der Waals surface area (Å²) in [6.07, 6.45) is 1.85. The normalized spacial score (nSPS) is 16.5. The highest BCUT2D eigenvalue weighted by Gasteiger charge is 2.29. The lowest BCUT2D eigenvalue weighted by molar-refractivity contribution is -0.131. The minimum Gasteiger partial charge on any atom is -0.297 e. The van der Waals surface area contributed by atoms with Crippen LogP contribution in [0, 0.1) is 5.41 Å². The van der Waals surface area contributed by atoms with Gasteiger partial charge in [0.25, 0.3) is 0 Å². The summed E-state index contributed by atoms with van der Waals surface area (Å²) in [6, 6.07) is 0.180. The quantitative estimate of drug-likeness (QED) is 0.645. The van der Waals surface area contributed by atoms with E-state index >= 15 is 0 Å². The first-order valence-electron chi connectivity index (χ1n) is 5.10. The summed E-state index contributed by atoms with van der Waals surface area (Å²) in [5.74, 6) is 0.272. The monoisotopic (exact) mass is 197 g/mol. The number of nitrogens with zero attached hydrogens (tertiary/aromatic N) is 1. The molecule has 0 saturated carbocycles. The van der Waals surface area contributed by atoms with E-state index in [2.05, 4.69) is 6.58 Å². The average molecular weight is 197 g/mol. The van der Waals surface area contributed by atoms with Gasteiger partial charge in [0.15, 0.2) is 5.78 Å². The molecule has 0 rings (SSSR count). The van der Waals surface area contributed by atoms with Crippen LogP contribution in [-0.2, 0) is 4.79 Å². The van der Waals surface area contributed by atoms with Crippen molar-refractivity contribution >= 4 is 5.78 Å². The van der Waals surface area contributed by atoms with Crippen molar-refractivity contribution in [1.82, 2.24) is 4.90 Å². The highest BCUT2D eigenvalue weighted by molar-refractivity contribution is 5.88. The Morgan fingerprint density at radius 3 is 2.07 bits per heavy atom. The summed E-state index contributed by atoms with van der Waals surface area (Å²) >= 11 is 0. The van der Waals surface area contributed by atoms with Crippen LogP contribution >= 0.6 is 0 Å². The molecule has 0 amide bonds. The lowest BCUT2D eigenvalue weighted by atomic mass is 9.86. The third kappa shape index (κ3) is 3.26. The number of hydrogen-bond acceptors (Lipinski definition) is 2. The molecule has 2 heteroatoms. The Bertz CT molecular complexity index is 215. The van der Waals surface area contributed by atoms with Crippen molar-refractivity contribution in [2.24, 2.45) is 5.41 Å². The summed E-state index contributed by atoms with van der Waals surface area (Å²) in [4.78, 5) is 14.0. The van der Waals surface area contributed by atoms with Gasteiger partial charge in [0.05, 0.1) is 6.04 Å². The van der Waals surface area contributed by atoms with Crippen molar-refractivity contribution in [2.75, 3.05) is 7.05 Å². The fourth-order valence-electron chi connectivity index (χ4n) is 1.33. The van der Waals surface area contributed by atoms with Gasteiger partial charge in [-0.1, -0.05) is 26.8 Å². The predicted octanol–water partition coefficient (Wildman–Crippen LogP) is 2.50. The highest BCUT2D eigenvalue weighted by Crippen LogP contribution is 2.19. The second kappa shape index (κ2) is 4.74. The molecule has 0 aromatic heterocycles. The first-order valence-corrected chi connectivity index (χ1v) is 5.10. The van der Waals surface area contributed by atoms with E-state index in [0.29, 0.717) is 0 Å². The molecule has 0 N–H and O–H groups in total. The van der Waals surface area contributed by atoms with E-state index in [4.69, 9.17) is 0 Å². The second-order valence-corrected chi connectivity index (χ2v) is 4.93. The van der Waals surface area contributed by atoms with Gasteiger partial charge in [-0.15, -0.1) is 6.58 Å². The molecule has 2 atom stereocenters. The summed E-state index contributed by atoms with van der Waals surface area (Å²) in [5, 5.41) is 0. The van der Waals surface area contributed by atoms with Gasteiger partial charge in [0.2, 0.25) is 0 Å². The number of hydrogen-bond donors (Lipinski definition) is 0. The zero-order valence-electron chi connectivity index (χ0n) is 10.3. The minimum absolute atomic E-state index is 0.0528. The molecule has 0 heterocycles. The zero-order chi connectivity index (χ0) is 11.5. The molecule has 0 aliphatic carbocycles. The SMILES string of the molecule is C=CC(C)N(C)C(C)C(=O)C(C)(C)C. The van der Waals surface area contributed by atoms with E-state index in [9.17, 15) is 4.79 Å². The minimum atomic E-state index is -0.269. The van der Waals surface area contributed by atoms with E-state index in [-0.39, 0.29) is 23.3 Å². The van der Waals surface area contributed by atoms with Crippen LogP contribution < -0.4 is 0 Å². The van der Waals surface area contributed by atoms with Gasteiger partial charge in [-0.25, -0.2) is 0 Å². The summed E-state index contributed by atoms with van der Waals surface area (Å²) < 4.78 is 0. The molecule has 0 spiro atoms. The topological polar surface area (TPSA) is 20.3 Å². The van der Waals surface area contributed by atoms with Gasteiger partial charge in [-0.3, -0.25) is 9.69 Å². The number of ketones is 1. The van der Waals surface area contributed by atoms with Crippen molar-refractivity contribution in [3.05, 3.63) is 12.7 Å². The van der Waals surface area contributed by atoms with Gasteiger partial charge in [-0.05, 0) is 20.9 Å². The van der Waals surface area contributed by atoms with Crippen LogP contribution in [0.2, 0.25) is 0 Å². The molecule has 0 aromatic rings. The van der Waals surface area contributed by atoms with Crippen LogP contribution in [0.5, 0.6) is 0 Å². The summed E-state index contributed by atoms with van der Waals surface area (Å²) in [7, 11) is 1.96. The fourth-order valence-corrected chi connectivity index (χ4v) is 1.33. The van der Waals surface area contributed by atoms with E-state index in [0.717, 1.165) is 0 Å². The predicted molar refractivity (Wildman–Crippen MR) is 61.3 cm³/mol. The van der Waals surface area contributed by atoms with Crippen LogP contribution in [0.3, 0.4) is 0 Å². The van der Waals surface area contributed by atoms with E-state index in [1.807, 2.05) is 52.6 Å². The van der Waals surface area contributed by atoms with Crippen LogP contribution in [0.15, 0.2) is 12.7 Å². The fraction of sp³-hybridized carbons (Fsp3) is 0.750. The smallest absolute Gasteiger partial charge is 0.154 e. The number of Topliss-reactive ketones (excluding diaryl/α,β-unsaturated/α-hetero) is 1. The first kappa shape index (κ1) is 13.4. The van der Waals surface area contributed by atoms with Crippen LogP contribution in [0.25, 0.3) is 0 Å². The molecule has 0 aromatic carbocycles. The molecule has 0 bridgehead atoms. The summed E-state index contributed by atoms with van der Waals surface area (Å²) in [6.45, 7) is 13.6. The molecular formula is C12H23NO. The Balaban J connectivity index is 4.55. The Morgan fingerprint density at radius 1 is 1.36 bits per heavy atom. The maximum absolute atomic E-state index is 12.0. The Labute approximate surface area is 88.0 Å². The van der Waals surface area contributed by atoms with Crippen molar-refractivity contribution in [3.8, 4) is 0 Å². The standard InChI is InChI=1S/C12H23NO/c1-8-9(2)13(7)10(3)11(14)12(4,5)6/h8-10H,1H2,2-7H3. The number of carbonyl (C=O) groups excluding carboxylic acids is 1. The van der Waals surface area contributed by atoms with Crippen LogP contribution in [0.4, 0.5) is 0 Å². The summed E-state index contributed by atoms with van der Waals surface area (Å²) in [5.41, 5.74) is -0.269. The van der Waals surface area contributed by atoms with Gasteiger partial charge >= 0.3 is 0 Å². The van der Waals surface area contributed by atoms with E-state index in [1.165, 1.54) is 0 Å². The molecule has 0 saturated heterocycles. The third-order valence-corrected chi connectivity index (χ3v) is 2.71. The van der Waals surface area contributed by atoms with Crippen molar-refractivity contribution in [3.63, 3.8) is 0 Å². The van der Waals surface area contributed by atoms with E-state index < -0.39 is 0 Å². The zero-order valence-corrected chi connectivity index (χ0v) is 10.3. The van der Waals surface area contributed by atoms with Crippen LogP contribution in [-0.4, -0.2) is 29.8 Å². The van der Waals surface area contributed by atoms with Crippen molar-refractivity contribution in [1.29, 1.82) is 0 Å². The van der Waals surface area contributed by atoms with Gasteiger partial charge in [0.1, 0.15) is 0 Å². The average Bonchev–Trinajstić information content (AvgIpc) is 2.11. The van der Waals surface area contributed by atoms with Gasteiger partial charge in [-0.2, -0.15) is 0 Å². The van der Waals surface area contributed by atoms with Crippen molar-refractivity contribution in [2.45, 2.75) is 46.7 Å². The molecule has 0 fully saturated rings. The van der Waals surface area contributed by atoms with Gasteiger partial charge < -0.3 is 0 Å². The molecular weight excluding hydrogens is 174 g/mol. The number of carbonyl (C=O) groups is 1. The highest BCUT2D eigenvalue weighted by atomic mass is 16.1. The molecule has 14 heavy (non-hydrogen) atoms. The maximum Gasteiger partial charge on any atom is 0.154 e. The second-order valence-electron chi connectivity index (χ2n) is 4.93. The molecule has 0 aliphatic rings. The molecule has 0 radical (unpaired) electrons. The molecule has 0 aliphatic heterocycles. The Hall–Kier alpha value is -0.630. The lowest BCUT2D eigenvalue weighted by Crippen LogP contribution is -2.45.